The monoisotopic (exact) mass is 297 g/mol. The zero-order chi connectivity index (χ0) is 14.5. The van der Waals surface area contributed by atoms with Crippen molar-refractivity contribution in [2.75, 3.05) is 12.3 Å². The van der Waals surface area contributed by atoms with Crippen LogP contribution in [0.1, 0.15) is 13.3 Å². The minimum absolute atomic E-state index is 0.0206. The number of rotatable bonds is 5. The summed E-state index contributed by atoms with van der Waals surface area (Å²) in [5.41, 5.74) is 5.94. The van der Waals surface area contributed by atoms with Crippen LogP contribution in [-0.2, 0) is 0 Å². The number of nitrogens with zero attached hydrogens (tertiary/aromatic N) is 2. The summed E-state index contributed by atoms with van der Waals surface area (Å²) in [6.07, 6.45) is 2.04. The summed E-state index contributed by atoms with van der Waals surface area (Å²) in [6, 6.07) is 4.41. The molecule has 0 unspecified atom stereocenters. The van der Waals surface area contributed by atoms with Crippen molar-refractivity contribution in [2.45, 2.75) is 13.3 Å². The number of aromatic nitrogens is 2. The molecule has 2 aromatic rings. The molecule has 0 atom stereocenters. The summed E-state index contributed by atoms with van der Waals surface area (Å²) in [5, 5.41) is -0.0439. The van der Waals surface area contributed by atoms with E-state index in [0.29, 0.717) is 6.61 Å². The fourth-order valence-corrected chi connectivity index (χ4v) is 1.59. The van der Waals surface area contributed by atoms with Crippen LogP contribution in [0.2, 0.25) is 5.02 Å². The molecule has 2 N–H and O–H groups in total. The molecule has 0 aliphatic carbocycles. The molecule has 1 aromatic heterocycles. The molecule has 2 rings (SSSR count). The molecule has 5 nitrogen and oxygen atoms in total. The van der Waals surface area contributed by atoms with Crippen molar-refractivity contribution in [2.24, 2.45) is 0 Å². The molecule has 0 bridgehead atoms. The number of hydrogen-bond acceptors (Lipinski definition) is 5. The number of nitrogen functional groups attached to an aromatic ring is 1. The highest BCUT2D eigenvalue weighted by molar-refractivity contribution is 6.30. The van der Waals surface area contributed by atoms with Gasteiger partial charge in [-0.1, -0.05) is 24.6 Å². The lowest BCUT2D eigenvalue weighted by Crippen LogP contribution is -2.04. The van der Waals surface area contributed by atoms with Gasteiger partial charge in [-0.15, -0.1) is 0 Å². The Bertz CT molecular complexity index is 610. The molecule has 7 heteroatoms. The average molecular weight is 298 g/mol. The molecule has 106 valence electrons. The molecule has 0 aliphatic rings. The van der Waals surface area contributed by atoms with Gasteiger partial charge in [0.25, 0.3) is 0 Å². The molecule has 0 aliphatic heterocycles. The highest BCUT2D eigenvalue weighted by Crippen LogP contribution is 2.33. The third-order valence-electron chi connectivity index (χ3n) is 2.38. The van der Waals surface area contributed by atoms with E-state index < -0.39 is 5.82 Å². The molecule has 1 heterocycles. The Balaban J connectivity index is 2.27. The topological polar surface area (TPSA) is 70.3 Å². The van der Waals surface area contributed by atoms with Crippen LogP contribution >= 0.6 is 11.6 Å². The van der Waals surface area contributed by atoms with E-state index in [1.807, 2.05) is 6.92 Å². The Hall–Kier alpha value is -2.08. The van der Waals surface area contributed by atoms with Crippen LogP contribution < -0.4 is 15.2 Å². The maximum absolute atomic E-state index is 13.7. The Morgan fingerprint density at radius 3 is 2.80 bits per heavy atom. The van der Waals surface area contributed by atoms with E-state index in [1.54, 1.807) is 6.07 Å². The molecule has 0 fully saturated rings. The number of hydrogen-bond donors (Lipinski definition) is 1. The molecular weight excluding hydrogens is 285 g/mol. The summed E-state index contributed by atoms with van der Waals surface area (Å²) in [7, 11) is 0. The van der Waals surface area contributed by atoms with Crippen molar-refractivity contribution in [3.05, 3.63) is 35.4 Å². The van der Waals surface area contributed by atoms with Gasteiger partial charge >= 0.3 is 0 Å². The molecule has 0 amide bonds. The highest BCUT2D eigenvalue weighted by atomic mass is 35.5. The van der Waals surface area contributed by atoms with Crippen molar-refractivity contribution in [1.29, 1.82) is 0 Å². The van der Waals surface area contributed by atoms with Gasteiger partial charge in [0.1, 0.15) is 6.33 Å². The second kappa shape index (κ2) is 6.38. The van der Waals surface area contributed by atoms with Gasteiger partial charge in [-0.25, -0.2) is 4.39 Å². The molecular formula is C13H13ClFN3O2. The van der Waals surface area contributed by atoms with Gasteiger partial charge in [-0.05, 0) is 18.6 Å². The molecule has 0 saturated heterocycles. The Labute approximate surface area is 120 Å². The van der Waals surface area contributed by atoms with E-state index in [2.05, 4.69) is 9.97 Å². The Morgan fingerprint density at radius 1 is 1.30 bits per heavy atom. The Morgan fingerprint density at radius 2 is 2.05 bits per heavy atom. The average Bonchev–Trinajstić information content (AvgIpc) is 2.44. The van der Waals surface area contributed by atoms with Crippen molar-refractivity contribution < 1.29 is 13.9 Å². The summed E-state index contributed by atoms with van der Waals surface area (Å²) in [4.78, 5) is 7.76. The van der Waals surface area contributed by atoms with Crippen LogP contribution in [0.5, 0.6) is 17.5 Å². The first-order valence-electron chi connectivity index (χ1n) is 5.98. The zero-order valence-corrected chi connectivity index (χ0v) is 11.5. The van der Waals surface area contributed by atoms with Crippen LogP contribution in [0.25, 0.3) is 0 Å². The third kappa shape index (κ3) is 3.08. The van der Waals surface area contributed by atoms with E-state index in [4.69, 9.17) is 26.8 Å². The molecule has 20 heavy (non-hydrogen) atoms. The highest BCUT2D eigenvalue weighted by Gasteiger charge is 2.14. The second-order valence-corrected chi connectivity index (χ2v) is 4.31. The number of nitrogens with two attached hydrogens (primary N) is 1. The molecule has 0 radical (unpaired) electrons. The first kappa shape index (κ1) is 14.3. The summed E-state index contributed by atoms with van der Waals surface area (Å²) in [6.45, 7) is 2.42. The second-order valence-electron chi connectivity index (χ2n) is 3.90. The largest absolute Gasteiger partial charge is 0.476 e. The number of halogens is 2. The quantitative estimate of drug-likeness (QED) is 0.915. The van der Waals surface area contributed by atoms with E-state index in [-0.39, 0.29) is 28.2 Å². The van der Waals surface area contributed by atoms with E-state index in [9.17, 15) is 4.39 Å². The van der Waals surface area contributed by atoms with E-state index >= 15 is 0 Å². The lowest BCUT2D eigenvalue weighted by Gasteiger charge is -2.11. The van der Waals surface area contributed by atoms with Crippen LogP contribution in [-0.4, -0.2) is 16.6 Å². The van der Waals surface area contributed by atoms with E-state index in [1.165, 1.54) is 18.5 Å². The number of ether oxygens (including phenoxy) is 2. The van der Waals surface area contributed by atoms with E-state index in [0.717, 1.165) is 6.42 Å². The minimum atomic E-state index is -0.678. The normalized spacial score (nSPS) is 10.3. The SMILES string of the molecule is CCCOc1ncnc(Oc2cccc(Cl)c2F)c1N. The summed E-state index contributed by atoms with van der Waals surface area (Å²) < 4.78 is 24.4. The zero-order valence-electron chi connectivity index (χ0n) is 10.8. The maximum Gasteiger partial charge on any atom is 0.249 e. The molecule has 0 saturated carbocycles. The van der Waals surface area contributed by atoms with Crippen LogP contribution in [0.4, 0.5) is 10.1 Å². The van der Waals surface area contributed by atoms with Gasteiger partial charge in [-0.3, -0.25) is 0 Å². The smallest absolute Gasteiger partial charge is 0.249 e. The maximum atomic E-state index is 13.7. The first-order valence-corrected chi connectivity index (χ1v) is 6.36. The van der Waals surface area contributed by atoms with Gasteiger partial charge in [0, 0.05) is 0 Å². The number of benzene rings is 1. The van der Waals surface area contributed by atoms with Crippen LogP contribution in [0.3, 0.4) is 0 Å². The standard InChI is InChI=1S/C13H13ClFN3O2/c1-2-6-19-12-11(16)13(18-7-17-12)20-9-5-3-4-8(14)10(9)15/h3-5,7H,2,6,16H2,1H3. The van der Waals surface area contributed by atoms with Gasteiger partial charge in [0.05, 0.1) is 11.6 Å². The summed E-state index contributed by atoms with van der Waals surface area (Å²) in [5.74, 6) is -0.515. The lowest BCUT2D eigenvalue weighted by molar-refractivity contribution is 0.304. The van der Waals surface area contributed by atoms with Gasteiger partial charge in [0.15, 0.2) is 17.3 Å². The van der Waals surface area contributed by atoms with Gasteiger partial charge in [0.2, 0.25) is 11.8 Å². The van der Waals surface area contributed by atoms with Crippen molar-refractivity contribution in [1.82, 2.24) is 9.97 Å². The van der Waals surface area contributed by atoms with Gasteiger partial charge < -0.3 is 15.2 Å². The predicted octanol–water partition coefficient (Wildman–Crippen LogP) is 3.43. The first-order chi connectivity index (χ1) is 9.63. The lowest BCUT2D eigenvalue weighted by atomic mass is 10.3. The Kier molecular flexibility index (Phi) is 4.57. The minimum Gasteiger partial charge on any atom is -0.476 e. The third-order valence-corrected chi connectivity index (χ3v) is 2.67. The molecule has 0 spiro atoms. The van der Waals surface area contributed by atoms with Crippen molar-refractivity contribution >= 4 is 17.3 Å². The van der Waals surface area contributed by atoms with Crippen molar-refractivity contribution in [3.63, 3.8) is 0 Å². The van der Waals surface area contributed by atoms with Crippen LogP contribution in [0, 0.1) is 5.82 Å². The number of anilines is 1. The summed E-state index contributed by atoms with van der Waals surface area (Å²) >= 11 is 5.68. The molecule has 1 aromatic carbocycles. The van der Waals surface area contributed by atoms with Gasteiger partial charge in [-0.2, -0.15) is 9.97 Å². The van der Waals surface area contributed by atoms with Crippen molar-refractivity contribution in [3.8, 4) is 17.5 Å². The van der Waals surface area contributed by atoms with Crippen LogP contribution in [0.15, 0.2) is 24.5 Å². The fourth-order valence-electron chi connectivity index (χ4n) is 1.43. The fraction of sp³-hybridized carbons (Fsp3) is 0.231. The predicted molar refractivity (Wildman–Crippen MR) is 73.7 cm³/mol.